The average Bonchev–Trinajstić information content (AvgIpc) is 2.76. The van der Waals surface area contributed by atoms with Gasteiger partial charge >= 0.3 is 0 Å². The van der Waals surface area contributed by atoms with Crippen LogP contribution in [0.25, 0.3) is 0 Å². The number of nitrogens with one attached hydrogen (secondary N) is 1. The van der Waals surface area contributed by atoms with Crippen LogP contribution < -0.4 is 5.32 Å². The molecule has 102 valence electrons. The van der Waals surface area contributed by atoms with Crippen molar-refractivity contribution in [1.82, 2.24) is 19.8 Å². The molecule has 1 fully saturated rings. The van der Waals surface area contributed by atoms with Gasteiger partial charge in [0.2, 0.25) is 0 Å². The van der Waals surface area contributed by atoms with Gasteiger partial charge in [-0.05, 0) is 27.2 Å². The van der Waals surface area contributed by atoms with Crippen LogP contribution in [0.2, 0.25) is 0 Å². The van der Waals surface area contributed by atoms with Crippen molar-refractivity contribution in [3.63, 3.8) is 0 Å². The van der Waals surface area contributed by atoms with Gasteiger partial charge in [0.1, 0.15) is 5.82 Å². The molecule has 0 spiro atoms. The van der Waals surface area contributed by atoms with E-state index in [1.165, 1.54) is 6.42 Å². The smallest absolute Gasteiger partial charge is 0.105 e. The van der Waals surface area contributed by atoms with Crippen LogP contribution in [0.15, 0.2) is 12.4 Å². The third-order valence-corrected chi connectivity index (χ3v) is 4.33. The average molecular weight is 250 g/mol. The van der Waals surface area contributed by atoms with Crippen LogP contribution in [0.1, 0.15) is 33.0 Å². The highest BCUT2D eigenvalue weighted by Crippen LogP contribution is 2.18. The van der Waals surface area contributed by atoms with Crippen LogP contribution in [0.5, 0.6) is 0 Å². The van der Waals surface area contributed by atoms with E-state index in [0.717, 1.165) is 32.0 Å². The number of nitrogens with zero attached hydrogens (tertiary/aromatic N) is 3. The first-order valence-corrected chi connectivity index (χ1v) is 7.01. The maximum atomic E-state index is 4.28. The number of aromatic nitrogens is 2. The highest BCUT2D eigenvalue weighted by Gasteiger charge is 2.32. The molecule has 0 radical (unpaired) electrons. The van der Waals surface area contributed by atoms with Crippen molar-refractivity contribution in [2.75, 3.05) is 19.6 Å². The number of hydrogen-bond acceptors (Lipinski definition) is 3. The highest BCUT2D eigenvalue weighted by molar-refractivity contribution is 4.94. The summed E-state index contributed by atoms with van der Waals surface area (Å²) < 4.78 is 2.23. The Labute approximate surface area is 110 Å². The molecule has 1 N–H and O–H groups in total. The van der Waals surface area contributed by atoms with Crippen molar-refractivity contribution in [2.24, 2.45) is 0 Å². The summed E-state index contributed by atoms with van der Waals surface area (Å²) in [5, 5.41) is 3.67. The van der Waals surface area contributed by atoms with Gasteiger partial charge in [-0.15, -0.1) is 0 Å². The zero-order chi connectivity index (χ0) is 13.2. The monoisotopic (exact) mass is 250 g/mol. The largest absolute Gasteiger partial charge is 0.334 e. The van der Waals surface area contributed by atoms with Crippen LogP contribution in [0.3, 0.4) is 0 Å². The predicted octanol–water partition coefficient (Wildman–Crippen LogP) is 1.65. The molecule has 4 heteroatoms. The number of imidazole rings is 1. The summed E-state index contributed by atoms with van der Waals surface area (Å²) in [5.41, 5.74) is 0.274. The summed E-state index contributed by atoms with van der Waals surface area (Å²) in [7, 11) is 0. The molecule has 2 rings (SSSR count). The Hall–Kier alpha value is -0.870. The Morgan fingerprint density at radius 2 is 2.28 bits per heavy atom. The van der Waals surface area contributed by atoms with Gasteiger partial charge < -0.3 is 9.88 Å². The van der Waals surface area contributed by atoms with Crippen LogP contribution >= 0.6 is 0 Å². The molecule has 2 unspecified atom stereocenters. The minimum absolute atomic E-state index is 0.274. The number of rotatable bonds is 4. The first-order valence-electron chi connectivity index (χ1n) is 7.01. The predicted molar refractivity (Wildman–Crippen MR) is 74.7 cm³/mol. The molecule has 0 amide bonds. The van der Waals surface area contributed by atoms with Gasteiger partial charge in [-0.1, -0.05) is 6.92 Å². The van der Waals surface area contributed by atoms with Crippen molar-refractivity contribution in [3.8, 4) is 0 Å². The topological polar surface area (TPSA) is 33.1 Å². The first-order chi connectivity index (χ1) is 8.54. The van der Waals surface area contributed by atoms with Gasteiger partial charge in [-0.2, -0.15) is 0 Å². The zero-order valence-electron chi connectivity index (χ0n) is 12.1. The van der Waals surface area contributed by atoms with Crippen molar-refractivity contribution in [2.45, 2.75) is 52.2 Å². The minimum atomic E-state index is 0.274. The summed E-state index contributed by atoms with van der Waals surface area (Å²) in [4.78, 5) is 6.87. The molecule has 1 aliphatic rings. The maximum absolute atomic E-state index is 4.28. The van der Waals surface area contributed by atoms with Gasteiger partial charge in [0.15, 0.2) is 0 Å². The normalized spacial score (nSPS) is 29.7. The molecule has 1 aromatic heterocycles. The van der Waals surface area contributed by atoms with Gasteiger partial charge in [-0.3, -0.25) is 4.90 Å². The molecule has 1 aliphatic heterocycles. The van der Waals surface area contributed by atoms with Crippen molar-refractivity contribution >= 4 is 0 Å². The number of piperazine rings is 1. The molecular formula is C14H26N4. The second kappa shape index (κ2) is 5.41. The van der Waals surface area contributed by atoms with E-state index >= 15 is 0 Å². The quantitative estimate of drug-likeness (QED) is 0.882. The summed E-state index contributed by atoms with van der Waals surface area (Å²) in [6.45, 7) is 13.3. The summed E-state index contributed by atoms with van der Waals surface area (Å²) >= 11 is 0. The third kappa shape index (κ3) is 2.93. The van der Waals surface area contributed by atoms with Gasteiger partial charge in [0, 0.05) is 50.2 Å². The summed E-state index contributed by atoms with van der Waals surface area (Å²) in [6, 6.07) is 0.619. The molecule has 1 aromatic rings. The van der Waals surface area contributed by atoms with E-state index < -0.39 is 0 Å². The maximum Gasteiger partial charge on any atom is 0.105 e. The van der Waals surface area contributed by atoms with E-state index in [1.807, 2.05) is 6.20 Å². The Balaban J connectivity index is 1.93. The van der Waals surface area contributed by atoms with Crippen LogP contribution in [-0.4, -0.2) is 45.7 Å². The SMILES string of the molecule is CCC1(C)CN(CCn2ccnc2C)C(C)CN1. The standard InChI is InChI=1S/C14H26N4/c1-5-14(4)11-18(12(2)10-16-14)9-8-17-7-6-15-13(17)3/h6-7,12,16H,5,8-11H2,1-4H3. The lowest BCUT2D eigenvalue weighted by atomic mass is 9.94. The van der Waals surface area contributed by atoms with E-state index in [2.05, 4.69) is 53.7 Å². The summed E-state index contributed by atoms with van der Waals surface area (Å²) in [6.07, 6.45) is 5.13. The highest BCUT2D eigenvalue weighted by atomic mass is 15.3. The Morgan fingerprint density at radius 1 is 1.50 bits per heavy atom. The molecule has 0 aromatic carbocycles. The molecule has 0 bridgehead atoms. The van der Waals surface area contributed by atoms with Gasteiger partial charge in [-0.25, -0.2) is 4.98 Å². The van der Waals surface area contributed by atoms with E-state index in [-0.39, 0.29) is 5.54 Å². The zero-order valence-corrected chi connectivity index (χ0v) is 12.1. The van der Waals surface area contributed by atoms with E-state index in [9.17, 15) is 0 Å². The van der Waals surface area contributed by atoms with Crippen molar-refractivity contribution < 1.29 is 0 Å². The lowest BCUT2D eigenvalue weighted by Crippen LogP contribution is -2.62. The second-order valence-electron chi connectivity index (χ2n) is 5.78. The third-order valence-electron chi connectivity index (χ3n) is 4.33. The van der Waals surface area contributed by atoms with Crippen LogP contribution in [-0.2, 0) is 6.54 Å². The van der Waals surface area contributed by atoms with E-state index in [0.29, 0.717) is 6.04 Å². The second-order valence-corrected chi connectivity index (χ2v) is 5.78. The Kier molecular flexibility index (Phi) is 4.07. The van der Waals surface area contributed by atoms with Crippen molar-refractivity contribution in [1.29, 1.82) is 0 Å². The Morgan fingerprint density at radius 3 is 2.89 bits per heavy atom. The molecule has 0 aliphatic carbocycles. The van der Waals surface area contributed by atoms with Crippen molar-refractivity contribution in [3.05, 3.63) is 18.2 Å². The van der Waals surface area contributed by atoms with Crippen LogP contribution in [0, 0.1) is 6.92 Å². The molecule has 4 nitrogen and oxygen atoms in total. The minimum Gasteiger partial charge on any atom is -0.334 e. The molecule has 2 atom stereocenters. The fourth-order valence-corrected chi connectivity index (χ4v) is 2.60. The van der Waals surface area contributed by atoms with E-state index in [4.69, 9.17) is 0 Å². The molecule has 1 saturated heterocycles. The lowest BCUT2D eigenvalue weighted by molar-refractivity contribution is 0.0896. The fourth-order valence-electron chi connectivity index (χ4n) is 2.60. The summed E-state index contributed by atoms with van der Waals surface area (Å²) in [5.74, 6) is 1.11. The fraction of sp³-hybridized carbons (Fsp3) is 0.786. The molecule has 18 heavy (non-hydrogen) atoms. The number of aryl methyl sites for hydroxylation is 1. The lowest BCUT2D eigenvalue weighted by Gasteiger charge is -2.45. The van der Waals surface area contributed by atoms with E-state index in [1.54, 1.807) is 0 Å². The van der Waals surface area contributed by atoms with Gasteiger partial charge in [0.05, 0.1) is 0 Å². The first kappa shape index (κ1) is 13.6. The van der Waals surface area contributed by atoms with Gasteiger partial charge in [0.25, 0.3) is 0 Å². The Bertz CT molecular complexity index is 387. The molecular weight excluding hydrogens is 224 g/mol. The molecule has 0 saturated carbocycles. The number of hydrogen-bond donors (Lipinski definition) is 1. The molecule has 2 heterocycles. The van der Waals surface area contributed by atoms with Crippen LogP contribution in [0.4, 0.5) is 0 Å².